The molecule has 1 aromatic rings. The third kappa shape index (κ3) is 2.52. The van der Waals surface area contributed by atoms with Crippen LogP contribution in [0.25, 0.3) is 0 Å². The van der Waals surface area contributed by atoms with Crippen molar-refractivity contribution >= 4 is 11.5 Å². The van der Waals surface area contributed by atoms with Crippen LogP contribution in [0.15, 0.2) is 18.2 Å². The maximum atomic E-state index is 12.2. The van der Waals surface area contributed by atoms with Crippen LogP contribution >= 0.6 is 0 Å². The zero-order chi connectivity index (χ0) is 13.2. The average molecular weight is 249 g/mol. The molecule has 1 aromatic carbocycles. The van der Waals surface area contributed by atoms with E-state index in [9.17, 15) is 28.1 Å². The standard InChI is InChI=1S/C9H6F3NO4/c1-17-6-4-2-3-5(7(6)13(15)16)8(14)9(10,11)12/h2-4H,1H3. The minimum atomic E-state index is -5.17. The normalized spacial score (nSPS) is 11.1. The van der Waals surface area contributed by atoms with Crippen LogP contribution in [0.1, 0.15) is 10.4 Å². The Kier molecular flexibility index (Phi) is 3.35. The first-order chi connectivity index (χ1) is 7.79. The lowest BCUT2D eigenvalue weighted by molar-refractivity contribution is -0.386. The van der Waals surface area contributed by atoms with Crippen LogP contribution in [0.2, 0.25) is 0 Å². The third-order valence-electron chi connectivity index (χ3n) is 1.90. The van der Waals surface area contributed by atoms with E-state index in [0.717, 1.165) is 25.3 Å². The number of para-hydroxylation sites is 1. The summed E-state index contributed by atoms with van der Waals surface area (Å²) in [4.78, 5) is 20.5. The Hall–Kier alpha value is -2.12. The van der Waals surface area contributed by atoms with Crippen molar-refractivity contribution in [1.29, 1.82) is 0 Å². The smallest absolute Gasteiger partial charge is 0.455 e. The van der Waals surface area contributed by atoms with Gasteiger partial charge < -0.3 is 4.74 Å². The van der Waals surface area contributed by atoms with Gasteiger partial charge in [-0.05, 0) is 12.1 Å². The molecule has 0 aliphatic rings. The van der Waals surface area contributed by atoms with Crippen molar-refractivity contribution in [1.82, 2.24) is 0 Å². The van der Waals surface area contributed by atoms with Crippen molar-refractivity contribution in [3.05, 3.63) is 33.9 Å². The minimum absolute atomic E-state index is 0.398. The van der Waals surface area contributed by atoms with E-state index >= 15 is 0 Å². The number of benzene rings is 1. The topological polar surface area (TPSA) is 69.4 Å². The molecule has 0 bridgehead atoms. The molecular formula is C9H6F3NO4. The molecule has 1 rings (SSSR count). The van der Waals surface area contributed by atoms with Crippen LogP contribution < -0.4 is 4.74 Å². The van der Waals surface area contributed by atoms with Gasteiger partial charge in [0.25, 0.3) is 5.78 Å². The number of Topliss-reactive ketones (excluding diaryl/α,β-unsaturated/α-hetero) is 1. The monoisotopic (exact) mass is 249 g/mol. The second-order valence-corrected chi connectivity index (χ2v) is 2.94. The van der Waals surface area contributed by atoms with Gasteiger partial charge in [0.1, 0.15) is 5.56 Å². The number of nitro groups is 1. The minimum Gasteiger partial charge on any atom is -0.490 e. The molecule has 0 saturated carbocycles. The van der Waals surface area contributed by atoms with E-state index in [-0.39, 0.29) is 0 Å². The number of rotatable bonds is 3. The Labute approximate surface area is 93.0 Å². The van der Waals surface area contributed by atoms with Gasteiger partial charge in [-0.3, -0.25) is 14.9 Å². The molecule has 0 aliphatic heterocycles. The van der Waals surface area contributed by atoms with E-state index in [4.69, 9.17) is 0 Å². The molecule has 17 heavy (non-hydrogen) atoms. The van der Waals surface area contributed by atoms with E-state index < -0.39 is 33.9 Å². The fourth-order valence-corrected chi connectivity index (χ4v) is 1.21. The number of carbonyl (C=O) groups is 1. The third-order valence-corrected chi connectivity index (χ3v) is 1.90. The molecule has 8 heteroatoms. The molecule has 0 N–H and O–H groups in total. The van der Waals surface area contributed by atoms with Gasteiger partial charge in [-0.2, -0.15) is 13.2 Å². The fourth-order valence-electron chi connectivity index (χ4n) is 1.21. The predicted molar refractivity (Wildman–Crippen MR) is 50.0 cm³/mol. The quantitative estimate of drug-likeness (QED) is 0.468. The van der Waals surface area contributed by atoms with Gasteiger partial charge in [-0.15, -0.1) is 0 Å². The summed E-state index contributed by atoms with van der Waals surface area (Å²) in [6.07, 6.45) is -5.17. The highest BCUT2D eigenvalue weighted by Crippen LogP contribution is 2.34. The lowest BCUT2D eigenvalue weighted by atomic mass is 10.1. The maximum absolute atomic E-state index is 12.2. The van der Waals surface area contributed by atoms with Crippen molar-refractivity contribution in [3.8, 4) is 5.75 Å². The van der Waals surface area contributed by atoms with Crippen LogP contribution in [0, 0.1) is 10.1 Å². The zero-order valence-electron chi connectivity index (χ0n) is 8.45. The second kappa shape index (κ2) is 4.40. The largest absolute Gasteiger partial charge is 0.490 e. The molecule has 92 valence electrons. The molecule has 0 atom stereocenters. The number of carbonyl (C=O) groups excluding carboxylic acids is 1. The Morgan fingerprint density at radius 3 is 2.41 bits per heavy atom. The lowest BCUT2D eigenvalue weighted by Gasteiger charge is -2.08. The number of alkyl halides is 3. The van der Waals surface area contributed by atoms with Gasteiger partial charge >= 0.3 is 11.9 Å². The fraction of sp³-hybridized carbons (Fsp3) is 0.222. The zero-order valence-corrected chi connectivity index (χ0v) is 8.45. The SMILES string of the molecule is COc1cccc(C(=O)C(F)(F)F)c1[N+](=O)[O-]. The second-order valence-electron chi connectivity index (χ2n) is 2.94. The average Bonchev–Trinajstić information content (AvgIpc) is 2.25. The molecule has 5 nitrogen and oxygen atoms in total. The molecular weight excluding hydrogens is 243 g/mol. The van der Waals surface area contributed by atoms with E-state index in [1.165, 1.54) is 0 Å². The number of ether oxygens (including phenoxy) is 1. The molecule has 0 aromatic heterocycles. The molecule has 0 radical (unpaired) electrons. The van der Waals surface area contributed by atoms with Crippen molar-refractivity contribution in [2.75, 3.05) is 7.11 Å². The summed E-state index contributed by atoms with van der Waals surface area (Å²) in [6.45, 7) is 0. The predicted octanol–water partition coefficient (Wildman–Crippen LogP) is 2.35. The van der Waals surface area contributed by atoms with Crippen LogP contribution in [0.3, 0.4) is 0 Å². The summed E-state index contributed by atoms with van der Waals surface area (Å²) in [7, 11) is 1.06. The van der Waals surface area contributed by atoms with Gasteiger partial charge in [0.05, 0.1) is 12.0 Å². The van der Waals surface area contributed by atoms with Crippen LogP contribution in [-0.2, 0) is 0 Å². The molecule has 0 heterocycles. The van der Waals surface area contributed by atoms with E-state index in [1.54, 1.807) is 0 Å². The number of ketones is 1. The van der Waals surface area contributed by atoms with Crippen LogP contribution in [0.4, 0.5) is 18.9 Å². The first kappa shape index (κ1) is 12.9. The number of hydrogen-bond acceptors (Lipinski definition) is 4. The van der Waals surface area contributed by atoms with Gasteiger partial charge in [0, 0.05) is 0 Å². The van der Waals surface area contributed by atoms with E-state index in [1.807, 2.05) is 0 Å². The molecule has 0 fully saturated rings. The van der Waals surface area contributed by atoms with E-state index in [0.29, 0.717) is 0 Å². The molecule has 0 unspecified atom stereocenters. The van der Waals surface area contributed by atoms with Crippen molar-refractivity contribution in [2.45, 2.75) is 6.18 Å². The van der Waals surface area contributed by atoms with E-state index in [2.05, 4.69) is 4.74 Å². The van der Waals surface area contributed by atoms with Crippen molar-refractivity contribution in [2.24, 2.45) is 0 Å². The summed E-state index contributed by atoms with van der Waals surface area (Å²) in [5.41, 5.74) is -2.03. The lowest BCUT2D eigenvalue weighted by Crippen LogP contribution is -2.23. The maximum Gasteiger partial charge on any atom is 0.455 e. The summed E-state index contributed by atoms with van der Waals surface area (Å²) in [5.74, 6) is -2.67. The summed E-state index contributed by atoms with van der Waals surface area (Å²) in [5, 5.41) is 10.6. The van der Waals surface area contributed by atoms with Crippen LogP contribution in [0.5, 0.6) is 5.75 Å². The summed E-state index contributed by atoms with van der Waals surface area (Å²) >= 11 is 0. The number of nitro benzene ring substituents is 1. The highest BCUT2D eigenvalue weighted by Gasteiger charge is 2.43. The van der Waals surface area contributed by atoms with Gasteiger partial charge in [-0.1, -0.05) is 6.07 Å². The number of hydrogen-bond donors (Lipinski definition) is 0. The van der Waals surface area contributed by atoms with Crippen molar-refractivity contribution in [3.63, 3.8) is 0 Å². The van der Waals surface area contributed by atoms with Crippen molar-refractivity contribution < 1.29 is 27.6 Å². The Morgan fingerprint density at radius 1 is 1.41 bits per heavy atom. The summed E-state index contributed by atoms with van der Waals surface area (Å²) in [6, 6.07) is 2.91. The van der Waals surface area contributed by atoms with Gasteiger partial charge in [0.2, 0.25) is 0 Å². The first-order valence-electron chi connectivity index (χ1n) is 4.22. The first-order valence-corrected chi connectivity index (χ1v) is 4.22. The van der Waals surface area contributed by atoms with Gasteiger partial charge in [-0.25, -0.2) is 0 Å². The van der Waals surface area contributed by atoms with Gasteiger partial charge in [0.15, 0.2) is 5.75 Å². The number of nitrogens with zero attached hydrogens (tertiary/aromatic N) is 1. The number of methoxy groups -OCH3 is 1. The Balaban J connectivity index is 3.44. The number of halogens is 3. The Morgan fingerprint density at radius 2 is 2.00 bits per heavy atom. The molecule has 0 amide bonds. The molecule has 0 saturated heterocycles. The highest BCUT2D eigenvalue weighted by molar-refractivity contribution is 6.04. The Bertz CT molecular complexity index is 470. The summed E-state index contributed by atoms with van der Waals surface area (Å²) < 4.78 is 41.2. The molecule has 0 aliphatic carbocycles. The van der Waals surface area contributed by atoms with Crippen LogP contribution in [-0.4, -0.2) is 24.0 Å². The molecule has 0 spiro atoms. The highest BCUT2D eigenvalue weighted by atomic mass is 19.4.